The number of hydrogen-bond acceptors (Lipinski definition) is 3. The van der Waals surface area contributed by atoms with Crippen molar-refractivity contribution in [3.8, 4) is 0 Å². The van der Waals surface area contributed by atoms with Crippen LogP contribution in [0.25, 0.3) is 0 Å². The van der Waals surface area contributed by atoms with Crippen LogP contribution in [0.1, 0.15) is 25.8 Å². The van der Waals surface area contributed by atoms with Gasteiger partial charge in [-0.1, -0.05) is 30.3 Å². The molecule has 0 radical (unpaired) electrons. The maximum atomic E-state index is 12.6. The summed E-state index contributed by atoms with van der Waals surface area (Å²) in [6.07, 6.45) is 5.06. The number of nitrogens with zero attached hydrogens (tertiary/aromatic N) is 2. The molecule has 1 aromatic heterocycles. The van der Waals surface area contributed by atoms with Crippen molar-refractivity contribution in [2.24, 2.45) is 7.05 Å². The van der Waals surface area contributed by atoms with Crippen LogP contribution in [0.2, 0.25) is 0 Å². The Morgan fingerprint density at radius 3 is 2.61 bits per heavy atom. The van der Waals surface area contributed by atoms with Gasteiger partial charge in [0.15, 0.2) is 5.16 Å². The molecule has 5 nitrogen and oxygen atoms in total. The minimum atomic E-state index is -1.51. The van der Waals surface area contributed by atoms with Gasteiger partial charge in [0, 0.05) is 26.0 Å². The van der Waals surface area contributed by atoms with Gasteiger partial charge < -0.3 is 9.88 Å². The highest BCUT2D eigenvalue weighted by atomic mass is 32.2. The quantitative estimate of drug-likeness (QED) is 0.789. The van der Waals surface area contributed by atoms with Crippen molar-refractivity contribution in [2.45, 2.75) is 36.6 Å². The second-order valence-electron chi connectivity index (χ2n) is 5.94. The fourth-order valence-corrected chi connectivity index (χ4v) is 3.37. The van der Waals surface area contributed by atoms with Crippen molar-refractivity contribution in [1.29, 1.82) is 0 Å². The Morgan fingerprint density at radius 1 is 1.30 bits per heavy atom. The molecule has 0 saturated heterocycles. The SMILES string of the molecule is Cn1ccnc1S(=O)C(C)(C)C(=O)NCCCc1ccccc1. The van der Waals surface area contributed by atoms with Crippen LogP contribution in [0.5, 0.6) is 0 Å². The summed E-state index contributed by atoms with van der Waals surface area (Å²) in [4.78, 5) is 16.5. The van der Waals surface area contributed by atoms with Crippen LogP contribution in [-0.2, 0) is 29.1 Å². The lowest BCUT2D eigenvalue weighted by Crippen LogP contribution is -2.46. The lowest BCUT2D eigenvalue weighted by atomic mass is 10.1. The molecule has 0 fully saturated rings. The maximum Gasteiger partial charge on any atom is 0.238 e. The zero-order valence-electron chi connectivity index (χ0n) is 13.8. The first kappa shape index (κ1) is 17.4. The average Bonchev–Trinajstić information content (AvgIpc) is 2.97. The summed E-state index contributed by atoms with van der Waals surface area (Å²) in [7, 11) is 0.266. The second-order valence-corrected chi connectivity index (χ2v) is 7.87. The van der Waals surface area contributed by atoms with E-state index in [1.54, 1.807) is 37.9 Å². The highest BCUT2D eigenvalue weighted by molar-refractivity contribution is 7.87. The number of amides is 1. The monoisotopic (exact) mass is 333 g/mol. The lowest BCUT2D eigenvalue weighted by Gasteiger charge is -2.22. The van der Waals surface area contributed by atoms with Crippen molar-refractivity contribution in [3.63, 3.8) is 0 Å². The molecule has 1 atom stereocenters. The van der Waals surface area contributed by atoms with E-state index in [4.69, 9.17) is 0 Å². The smallest absolute Gasteiger partial charge is 0.238 e. The molecule has 2 aromatic rings. The molecule has 1 N–H and O–H groups in total. The summed E-state index contributed by atoms with van der Waals surface area (Å²) in [5, 5.41) is 3.30. The number of rotatable bonds is 7. The van der Waals surface area contributed by atoms with Crippen molar-refractivity contribution in [1.82, 2.24) is 14.9 Å². The lowest BCUT2D eigenvalue weighted by molar-refractivity contribution is -0.122. The molecule has 0 aliphatic heterocycles. The average molecular weight is 333 g/mol. The molecule has 1 amide bonds. The van der Waals surface area contributed by atoms with E-state index in [0.29, 0.717) is 11.7 Å². The van der Waals surface area contributed by atoms with Gasteiger partial charge in [-0.25, -0.2) is 4.98 Å². The normalized spacial score (nSPS) is 12.8. The number of nitrogens with one attached hydrogen (secondary N) is 1. The molecule has 23 heavy (non-hydrogen) atoms. The van der Waals surface area contributed by atoms with E-state index in [2.05, 4.69) is 22.4 Å². The maximum absolute atomic E-state index is 12.6. The molecular formula is C17H23N3O2S. The summed E-state index contributed by atoms with van der Waals surface area (Å²) < 4.78 is 13.3. The van der Waals surface area contributed by atoms with E-state index in [0.717, 1.165) is 12.8 Å². The number of aromatic nitrogens is 2. The molecule has 1 aromatic carbocycles. The fourth-order valence-electron chi connectivity index (χ4n) is 2.19. The Morgan fingerprint density at radius 2 is 2.00 bits per heavy atom. The van der Waals surface area contributed by atoms with E-state index in [1.807, 2.05) is 18.2 Å². The molecule has 124 valence electrons. The van der Waals surface area contributed by atoms with Gasteiger partial charge in [0.05, 0.1) is 0 Å². The molecular weight excluding hydrogens is 310 g/mol. The van der Waals surface area contributed by atoms with Gasteiger partial charge in [-0.05, 0) is 32.3 Å². The molecule has 6 heteroatoms. The molecule has 0 saturated carbocycles. The van der Waals surface area contributed by atoms with E-state index in [9.17, 15) is 9.00 Å². The predicted octanol–water partition coefficient (Wildman–Crippen LogP) is 2.06. The van der Waals surface area contributed by atoms with Crippen LogP contribution >= 0.6 is 0 Å². The first-order valence-corrected chi connectivity index (χ1v) is 8.79. The number of carbonyl (C=O) groups excluding carboxylic acids is 1. The topological polar surface area (TPSA) is 64.0 Å². The third-order valence-electron chi connectivity index (χ3n) is 3.72. The molecule has 1 heterocycles. The summed E-state index contributed by atoms with van der Waals surface area (Å²) in [6.45, 7) is 3.93. The molecule has 1 unspecified atom stereocenters. The largest absolute Gasteiger partial charge is 0.355 e. The summed E-state index contributed by atoms with van der Waals surface area (Å²) in [5.74, 6) is -0.216. The summed E-state index contributed by atoms with van der Waals surface area (Å²) >= 11 is 0. The third-order valence-corrected chi connectivity index (χ3v) is 5.56. The summed E-state index contributed by atoms with van der Waals surface area (Å²) in [5.41, 5.74) is 1.25. The molecule has 0 aliphatic carbocycles. The van der Waals surface area contributed by atoms with Crippen LogP contribution in [0, 0.1) is 0 Å². The first-order valence-electron chi connectivity index (χ1n) is 7.64. The zero-order chi connectivity index (χ0) is 16.9. The van der Waals surface area contributed by atoms with Crippen LogP contribution in [-0.4, -0.2) is 31.0 Å². The van der Waals surface area contributed by atoms with Gasteiger partial charge in [-0.3, -0.25) is 9.00 Å². The van der Waals surface area contributed by atoms with Crippen LogP contribution in [0.4, 0.5) is 0 Å². The number of benzene rings is 1. The van der Waals surface area contributed by atoms with Gasteiger partial charge in [-0.15, -0.1) is 0 Å². The Kier molecular flexibility index (Phi) is 5.71. The molecule has 0 bridgehead atoms. The Hall–Kier alpha value is -1.95. The molecule has 0 aliphatic rings. The van der Waals surface area contributed by atoms with Crippen LogP contribution in [0.15, 0.2) is 47.9 Å². The third kappa shape index (κ3) is 4.28. The number of imidazole rings is 1. The summed E-state index contributed by atoms with van der Waals surface area (Å²) in [6, 6.07) is 10.1. The van der Waals surface area contributed by atoms with E-state index in [-0.39, 0.29) is 5.91 Å². The minimum Gasteiger partial charge on any atom is -0.355 e. The number of carbonyl (C=O) groups is 1. The van der Waals surface area contributed by atoms with E-state index in [1.165, 1.54) is 5.56 Å². The van der Waals surface area contributed by atoms with Gasteiger partial charge in [-0.2, -0.15) is 0 Å². The first-order chi connectivity index (χ1) is 10.9. The van der Waals surface area contributed by atoms with Crippen molar-refractivity contribution in [2.75, 3.05) is 6.54 Å². The molecule has 2 rings (SSSR count). The van der Waals surface area contributed by atoms with Crippen molar-refractivity contribution >= 4 is 16.7 Å². The Balaban J connectivity index is 1.86. The van der Waals surface area contributed by atoms with E-state index >= 15 is 0 Å². The molecule has 0 spiro atoms. The van der Waals surface area contributed by atoms with Gasteiger partial charge >= 0.3 is 0 Å². The highest BCUT2D eigenvalue weighted by Crippen LogP contribution is 2.19. The standard InChI is InChI=1S/C17H23N3O2S/c1-17(2,23(22)16-19-12-13-20(16)3)15(21)18-11-7-10-14-8-5-4-6-9-14/h4-6,8-9,12-13H,7,10-11H2,1-3H3,(H,18,21). The highest BCUT2D eigenvalue weighted by Gasteiger charge is 2.37. The van der Waals surface area contributed by atoms with Crippen molar-refractivity contribution < 1.29 is 9.00 Å². The minimum absolute atomic E-state index is 0.216. The second kappa shape index (κ2) is 7.55. The van der Waals surface area contributed by atoms with Crippen molar-refractivity contribution in [3.05, 3.63) is 48.3 Å². The number of hydrogen-bond donors (Lipinski definition) is 1. The van der Waals surface area contributed by atoms with Crippen LogP contribution in [0.3, 0.4) is 0 Å². The van der Waals surface area contributed by atoms with Gasteiger partial charge in [0.25, 0.3) is 0 Å². The Labute approximate surface area is 139 Å². The predicted molar refractivity (Wildman–Crippen MR) is 91.5 cm³/mol. The van der Waals surface area contributed by atoms with E-state index < -0.39 is 15.5 Å². The van der Waals surface area contributed by atoms with Gasteiger partial charge in [0.2, 0.25) is 5.91 Å². The zero-order valence-corrected chi connectivity index (χ0v) is 14.6. The van der Waals surface area contributed by atoms with Gasteiger partial charge in [0.1, 0.15) is 15.5 Å². The van der Waals surface area contributed by atoms with Crippen LogP contribution < -0.4 is 5.32 Å². The fraction of sp³-hybridized carbons (Fsp3) is 0.412. The number of aryl methyl sites for hydroxylation is 2. The Bertz CT molecular complexity index is 680.